The zero-order chi connectivity index (χ0) is 8.85. The number of carbonyl (C=O) groups is 1. The van der Waals surface area contributed by atoms with Crippen molar-refractivity contribution in [3.63, 3.8) is 0 Å². The van der Waals surface area contributed by atoms with Gasteiger partial charge in [-0.2, -0.15) is 0 Å². The Morgan fingerprint density at radius 2 is 1.91 bits per heavy atom. The fourth-order valence-electron chi connectivity index (χ4n) is 0.321. The van der Waals surface area contributed by atoms with E-state index in [1.165, 1.54) is 14.0 Å². The highest BCUT2D eigenvalue weighted by molar-refractivity contribution is 6.35. The highest BCUT2D eigenvalue weighted by Crippen LogP contribution is 1.82. The highest BCUT2D eigenvalue weighted by atomic mass is 16.5. The molecule has 0 spiro atoms. The van der Waals surface area contributed by atoms with Gasteiger partial charge in [0.25, 0.3) is 0 Å². The molecule has 6 heteroatoms. The molecule has 0 bridgehead atoms. The van der Waals surface area contributed by atoms with E-state index >= 15 is 0 Å². The minimum Gasteiger partial charge on any atom is -0.464 e. The third-order valence-corrected chi connectivity index (χ3v) is 0.796. The molecule has 0 rings (SSSR count). The van der Waals surface area contributed by atoms with Crippen LogP contribution in [0.3, 0.4) is 0 Å². The second-order valence-electron chi connectivity index (χ2n) is 1.70. The first-order valence-electron chi connectivity index (χ1n) is 2.79. The fourth-order valence-corrected chi connectivity index (χ4v) is 0.321. The highest BCUT2D eigenvalue weighted by Gasteiger charge is 2.03. The van der Waals surface area contributed by atoms with Crippen molar-refractivity contribution in [1.82, 2.24) is 0 Å². The van der Waals surface area contributed by atoms with E-state index in [4.69, 9.17) is 11.5 Å². The van der Waals surface area contributed by atoms with Crippen LogP contribution in [0.5, 0.6) is 0 Å². The Bertz CT molecular complexity index is 205. The van der Waals surface area contributed by atoms with Crippen molar-refractivity contribution in [2.24, 2.45) is 21.7 Å². The number of carbonyl (C=O) groups excluding carboxylic acids is 1. The summed E-state index contributed by atoms with van der Waals surface area (Å²) < 4.78 is 4.32. The number of hydrogen-bond acceptors (Lipinski definition) is 4. The van der Waals surface area contributed by atoms with Gasteiger partial charge in [0.15, 0.2) is 0 Å². The van der Waals surface area contributed by atoms with Gasteiger partial charge in [-0.05, 0) is 6.92 Å². The van der Waals surface area contributed by atoms with Crippen LogP contribution in [0.2, 0.25) is 0 Å². The summed E-state index contributed by atoms with van der Waals surface area (Å²) in [6.07, 6.45) is 0. The van der Waals surface area contributed by atoms with Crippen molar-refractivity contribution >= 4 is 17.6 Å². The molecule has 0 fully saturated rings. The van der Waals surface area contributed by atoms with E-state index in [1.54, 1.807) is 0 Å². The summed E-state index contributed by atoms with van der Waals surface area (Å²) >= 11 is 0. The molecule has 0 unspecified atom stereocenters. The third kappa shape index (κ3) is 3.90. The molecule has 0 aromatic rings. The van der Waals surface area contributed by atoms with E-state index in [0.717, 1.165) is 0 Å². The maximum Gasteiger partial charge on any atom is 0.354 e. The summed E-state index contributed by atoms with van der Waals surface area (Å²) in [5.74, 6) is -0.761. The summed E-state index contributed by atoms with van der Waals surface area (Å²) in [5.41, 5.74) is 10.00. The van der Waals surface area contributed by atoms with Gasteiger partial charge in [-0.3, -0.25) is 0 Å². The van der Waals surface area contributed by atoms with Gasteiger partial charge in [0, 0.05) is 0 Å². The molecular weight excluding hydrogens is 148 g/mol. The van der Waals surface area contributed by atoms with Crippen molar-refractivity contribution in [2.75, 3.05) is 7.11 Å². The summed E-state index contributed by atoms with van der Waals surface area (Å²) in [6.45, 7) is 1.44. The molecule has 0 aliphatic rings. The first kappa shape index (κ1) is 9.41. The van der Waals surface area contributed by atoms with Crippen LogP contribution in [0.25, 0.3) is 0 Å². The fraction of sp³-hybridized carbons (Fsp3) is 0.400. The number of rotatable bonds is 2. The Morgan fingerprint density at radius 3 is 2.27 bits per heavy atom. The summed E-state index contributed by atoms with van der Waals surface area (Å²) in [4.78, 5) is 10.6. The molecule has 0 aliphatic carbocycles. The van der Waals surface area contributed by atoms with Crippen molar-refractivity contribution in [2.45, 2.75) is 6.92 Å². The average molecular weight is 158 g/mol. The van der Waals surface area contributed by atoms with Crippen LogP contribution in [-0.2, 0) is 9.53 Å². The van der Waals surface area contributed by atoms with Crippen molar-refractivity contribution in [3.05, 3.63) is 0 Å². The Labute approximate surface area is 63.9 Å². The van der Waals surface area contributed by atoms with E-state index in [2.05, 4.69) is 14.9 Å². The minimum absolute atomic E-state index is 0.0981. The van der Waals surface area contributed by atoms with Crippen molar-refractivity contribution < 1.29 is 9.53 Å². The molecule has 0 amide bonds. The molecular formula is C5H10N4O2. The van der Waals surface area contributed by atoms with E-state index in [1.807, 2.05) is 0 Å². The summed E-state index contributed by atoms with van der Waals surface area (Å²) in [6, 6.07) is 0. The number of nitrogens with two attached hydrogens (primary N) is 2. The summed E-state index contributed by atoms with van der Waals surface area (Å²) in [7, 11) is 1.25. The number of hydrogen-bond donors (Lipinski definition) is 2. The lowest BCUT2D eigenvalue weighted by molar-refractivity contribution is -0.132. The molecule has 0 heterocycles. The van der Waals surface area contributed by atoms with Crippen LogP contribution in [0.1, 0.15) is 6.92 Å². The second kappa shape index (κ2) is 4.26. The number of nitrogens with zero attached hydrogens (tertiary/aromatic N) is 2. The molecule has 0 radical (unpaired) electrons. The first-order chi connectivity index (χ1) is 5.07. The monoisotopic (exact) mass is 158 g/mol. The molecule has 62 valence electrons. The van der Waals surface area contributed by atoms with Gasteiger partial charge >= 0.3 is 5.97 Å². The SMILES string of the molecule is COC(=O)/C(C)=N\N=C(N)N. The molecule has 0 saturated carbocycles. The lowest BCUT2D eigenvalue weighted by Crippen LogP contribution is -2.22. The standard InChI is InChI=1S/C5H10N4O2/c1-3(4(10)11-2)8-9-5(6)7/h1-2H3,(H4,6,7,9)/b8-3-. The number of methoxy groups -OCH3 is 1. The third-order valence-electron chi connectivity index (χ3n) is 0.796. The molecule has 0 aliphatic heterocycles. The second-order valence-corrected chi connectivity index (χ2v) is 1.70. The predicted octanol–water partition coefficient (Wildman–Crippen LogP) is -1.19. The predicted molar refractivity (Wildman–Crippen MR) is 40.9 cm³/mol. The largest absolute Gasteiger partial charge is 0.464 e. The van der Waals surface area contributed by atoms with Gasteiger partial charge in [-0.15, -0.1) is 10.2 Å². The van der Waals surface area contributed by atoms with E-state index in [9.17, 15) is 4.79 Å². The average Bonchev–Trinajstić information content (AvgIpc) is 1.98. The van der Waals surface area contributed by atoms with Gasteiger partial charge < -0.3 is 16.2 Å². The van der Waals surface area contributed by atoms with Crippen LogP contribution in [0.4, 0.5) is 0 Å². The van der Waals surface area contributed by atoms with Crippen molar-refractivity contribution in [1.29, 1.82) is 0 Å². The first-order valence-corrected chi connectivity index (χ1v) is 2.79. The lowest BCUT2D eigenvalue weighted by atomic mass is 10.4. The van der Waals surface area contributed by atoms with Crippen LogP contribution in [-0.4, -0.2) is 24.8 Å². The Hall–Kier alpha value is -1.59. The molecule has 4 N–H and O–H groups in total. The minimum atomic E-state index is -0.560. The summed E-state index contributed by atoms with van der Waals surface area (Å²) in [5, 5.41) is 6.63. The van der Waals surface area contributed by atoms with Crippen LogP contribution in [0, 0.1) is 0 Å². The van der Waals surface area contributed by atoms with Crippen LogP contribution in [0.15, 0.2) is 10.2 Å². The maximum atomic E-state index is 10.6. The Morgan fingerprint density at radius 1 is 1.36 bits per heavy atom. The van der Waals surface area contributed by atoms with Gasteiger partial charge in [0.2, 0.25) is 5.96 Å². The molecule has 0 atom stereocenters. The molecule has 0 aromatic heterocycles. The van der Waals surface area contributed by atoms with Gasteiger partial charge in [0.1, 0.15) is 5.71 Å². The molecule has 0 aromatic carbocycles. The zero-order valence-corrected chi connectivity index (χ0v) is 6.37. The topological polar surface area (TPSA) is 103 Å². The smallest absolute Gasteiger partial charge is 0.354 e. The molecule has 11 heavy (non-hydrogen) atoms. The van der Waals surface area contributed by atoms with E-state index in [-0.39, 0.29) is 11.7 Å². The quantitative estimate of drug-likeness (QED) is 0.228. The lowest BCUT2D eigenvalue weighted by Gasteiger charge is -1.93. The van der Waals surface area contributed by atoms with Crippen molar-refractivity contribution in [3.8, 4) is 0 Å². The van der Waals surface area contributed by atoms with Gasteiger partial charge in [0.05, 0.1) is 7.11 Å². The Balaban J connectivity index is 4.23. The van der Waals surface area contributed by atoms with Gasteiger partial charge in [-0.1, -0.05) is 0 Å². The number of ether oxygens (including phenoxy) is 1. The zero-order valence-electron chi connectivity index (χ0n) is 6.37. The normalized spacial score (nSPS) is 10.5. The maximum absolute atomic E-state index is 10.6. The molecule has 0 saturated heterocycles. The molecule has 6 nitrogen and oxygen atoms in total. The van der Waals surface area contributed by atoms with E-state index < -0.39 is 5.97 Å². The number of guanidine groups is 1. The Kier molecular flexibility index (Phi) is 3.65. The van der Waals surface area contributed by atoms with E-state index in [0.29, 0.717) is 0 Å². The van der Waals surface area contributed by atoms with Crippen LogP contribution >= 0.6 is 0 Å². The number of esters is 1. The van der Waals surface area contributed by atoms with Gasteiger partial charge in [-0.25, -0.2) is 4.79 Å². The van der Waals surface area contributed by atoms with Crippen LogP contribution < -0.4 is 11.5 Å².